The number of rotatable bonds is 5. The van der Waals surface area contributed by atoms with E-state index in [9.17, 15) is 14.3 Å². The summed E-state index contributed by atoms with van der Waals surface area (Å²) in [4.78, 5) is 10.3. The van der Waals surface area contributed by atoms with Gasteiger partial charge >= 0.3 is 5.97 Å². The van der Waals surface area contributed by atoms with Gasteiger partial charge in [-0.15, -0.1) is 0 Å². The minimum atomic E-state index is -0.944. The number of halogens is 1. The van der Waals surface area contributed by atoms with Gasteiger partial charge in [0.2, 0.25) is 0 Å². The van der Waals surface area contributed by atoms with E-state index in [4.69, 9.17) is 5.11 Å². The standard InChI is InChI=1S/C12H13FO3/c1-8(2-7-11(14)15)12(16)9-3-5-10(13)6-4-9/h3-6,12,16H,1-2,7H2,(H,14,15). The molecule has 0 amide bonds. The highest BCUT2D eigenvalue weighted by molar-refractivity contribution is 5.67. The van der Waals surface area contributed by atoms with Crippen molar-refractivity contribution in [1.29, 1.82) is 0 Å². The molecule has 0 aliphatic heterocycles. The summed E-state index contributed by atoms with van der Waals surface area (Å²) in [6, 6.07) is 5.38. The molecule has 0 aliphatic carbocycles. The van der Waals surface area contributed by atoms with E-state index in [0.717, 1.165) is 0 Å². The van der Waals surface area contributed by atoms with Gasteiger partial charge in [0.15, 0.2) is 0 Å². The van der Waals surface area contributed by atoms with E-state index in [-0.39, 0.29) is 18.7 Å². The van der Waals surface area contributed by atoms with Gasteiger partial charge in [-0.05, 0) is 29.7 Å². The number of carboxylic acids is 1. The van der Waals surface area contributed by atoms with Crippen LogP contribution in [0.15, 0.2) is 36.4 Å². The van der Waals surface area contributed by atoms with Crippen molar-refractivity contribution in [1.82, 2.24) is 0 Å². The van der Waals surface area contributed by atoms with Crippen molar-refractivity contribution in [3.05, 3.63) is 47.8 Å². The van der Waals surface area contributed by atoms with Gasteiger partial charge in [0.25, 0.3) is 0 Å². The second kappa shape index (κ2) is 5.42. The molecule has 0 heterocycles. The molecule has 1 atom stereocenters. The lowest BCUT2D eigenvalue weighted by Crippen LogP contribution is -2.03. The quantitative estimate of drug-likeness (QED) is 0.754. The van der Waals surface area contributed by atoms with Gasteiger partial charge in [0.05, 0.1) is 6.10 Å². The van der Waals surface area contributed by atoms with Crippen LogP contribution in [0.5, 0.6) is 0 Å². The fourth-order valence-electron chi connectivity index (χ4n) is 1.28. The van der Waals surface area contributed by atoms with Crippen molar-refractivity contribution < 1.29 is 19.4 Å². The first-order valence-electron chi connectivity index (χ1n) is 4.83. The van der Waals surface area contributed by atoms with E-state index in [1.54, 1.807) is 0 Å². The summed E-state index contributed by atoms with van der Waals surface area (Å²) in [5, 5.41) is 18.3. The highest BCUT2D eigenvalue weighted by Gasteiger charge is 2.12. The zero-order valence-corrected chi connectivity index (χ0v) is 8.69. The Morgan fingerprint density at radius 3 is 2.38 bits per heavy atom. The molecule has 1 aromatic rings. The topological polar surface area (TPSA) is 57.5 Å². The third-order valence-electron chi connectivity index (χ3n) is 2.23. The smallest absolute Gasteiger partial charge is 0.303 e. The molecule has 3 nitrogen and oxygen atoms in total. The van der Waals surface area contributed by atoms with Crippen molar-refractivity contribution in [3.63, 3.8) is 0 Å². The summed E-state index contributed by atoms with van der Waals surface area (Å²) in [5.74, 6) is -1.32. The molecule has 0 radical (unpaired) electrons. The summed E-state index contributed by atoms with van der Waals surface area (Å²) >= 11 is 0. The number of hydrogen-bond acceptors (Lipinski definition) is 2. The first kappa shape index (κ1) is 12.4. The number of carbonyl (C=O) groups is 1. The van der Waals surface area contributed by atoms with Crippen LogP contribution in [0, 0.1) is 5.82 Å². The molecular formula is C12H13FO3. The van der Waals surface area contributed by atoms with E-state index in [0.29, 0.717) is 11.1 Å². The Kier molecular flexibility index (Phi) is 4.19. The lowest BCUT2D eigenvalue weighted by atomic mass is 9.99. The van der Waals surface area contributed by atoms with Gasteiger partial charge < -0.3 is 10.2 Å². The van der Waals surface area contributed by atoms with Crippen molar-refractivity contribution in [2.75, 3.05) is 0 Å². The summed E-state index contributed by atoms with van der Waals surface area (Å²) in [6.07, 6.45) is -0.815. The molecule has 16 heavy (non-hydrogen) atoms. The second-order valence-electron chi connectivity index (χ2n) is 3.51. The highest BCUT2D eigenvalue weighted by Crippen LogP contribution is 2.23. The normalized spacial score (nSPS) is 12.1. The monoisotopic (exact) mass is 224 g/mol. The number of hydrogen-bond donors (Lipinski definition) is 2. The van der Waals surface area contributed by atoms with Crippen molar-refractivity contribution in [2.24, 2.45) is 0 Å². The van der Waals surface area contributed by atoms with Crippen molar-refractivity contribution in [3.8, 4) is 0 Å². The Balaban J connectivity index is 2.63. The Morgan fingerprint density at radius 2 is 1.88 bits per heavy atom. The van der Waals surface area contributed by atoms with E-state index < -0.39 is 12.1 Å². The molecule has 0 aliphatic rings. The molecule has 4 heteroatoms. The number of aliphatic hydroxyl groups is 1. The average molecular weight is 224 g/mol. The van der Waals surface area contributed by atoms with Gasteiger partial charge in [-0.3, -0.25) is 4.79 Å². The van der Waals surface area contributed by atoms with Gasteiger partial charge in [-0.2, -0.15) is 0 Å². The molecule has 0 spiro atoms. The summed E-state index contributed by atoms with van der Waals surface area (Å²) in [6.45, 7) is 3.62. The maximum Gasteiger partial charge on any atom is 0.303 e. The van der Waals surface area contributed by atoms with Crippen molar-refractivity contribution >= 4 is 5.97 Å². The van der Waals surface area contributed by atoms with E-state index in [2.05, 4.69) is 6.58 Å². The second-order valence-corrected chi connectivity index (χ2v) is 3.51. The Morgan fingerprint density at radius 1 is 1.31 bits per heavy atom. The number of carboxylic acid groups (broad SMARTS) is 1. The molecule has 1 aromatic carbocycles. The fraction of sp³-hybridized carbons (Fsp3) is 0.250. The number of aliphatic hydroxyl groups excluding tert-OH is 1. The van der Waals surface area contributed by atoms with Crippen LogP contribution in [0.2, 0.25) is 0 Å². The van der Waals surface area contributed by atoms with Crippen LogP contribution < -0.4 is 0 Å². The fourth-order valence-corrected chi connectivity index (χ4v) is 1.28. The molecule has 0 fully saturated rings. The predicted octanol–water partition coefficient (Wildman–Crippen LogP) is 2.28. The highest BCUT2D eigenvalue weighted by atomic mass is 19.1. The van der Waals surface area contributed by atoms with Gasteiger partial charge in [-0.25, -0.2) is 4.39 Å². The third-order valence-corrected chi connectivity index (χ3v) is 2.23. The molecule has 86 valence electrons. The van der Waals surface area contributed by atoms with Crippen molar-refractivity contribution in [2.45, 2.75) is 18.9 Å². The van der Waals surface area contributed by atoms with Crippen LogP contribution in [-0.2, 0) is 4.79 Å². The average Bonchev–Trinajstić information content (AvgIpc) is 2.26. The molecular weight excluding hydrogens is 211 g/mol. The molecule has 1 unspecified atom stereocenters. The first-order valence-corrected chi connectivity index (χ1v) is 4.83. The largest absolute Gasteiger partial charge is 0.481 e. The Hall–Kier alpha value is -1.68. The van der Waals surface area contributed by atoms with Crippen LogP contribution in [0.1, 0.15) is 24.5 Å². The summed E-state index contributed by atoms with van der Waals surface area (Å²) in [7, 11) is 0. The Bertz CT molecular complexity index is 384. The number of benzene rings is 1. The van der Waals surface area contributed by atoms with Crippen LogP contribution in [-0.4, -0.2) is 16.2 Å². The molecule has 0 saturated heterocycles. The number of aliphatic carboxylic acids is 1. The maximum absolute atomic E-state index is 12.6. The zero-order chi connectivity index (χ0) is 12.1. The summed E-state index contributed by atoms with van der Waals surface area (Å²) in [5.41, 5.74) is 0.922. The van der Waals surface area contributed by atoms with E-state index >= 15 is 0 Å². The van der Waals surface area contributed by atoms with Gasteiger partial charge in [0, 0.05) is 6.42 Å². The minimum absolute atomic E-state index is 0.0723. The lowest BCUT2D eigenvalue weighted by molar-refractivity contribution is -0.137. The van der Waals surface area contributed by atoms with Crippen LogP contribution in [0.4, 0.5) is 4.39 Å². The maximum atomic E-state index is 12.6. The predicted molar refractivity (Wildman–Crippen MR) is 57.4 cm³/mol. The first-order chi connectivity index (χ1) is 7.50. The van der Waals surface area contributed by atoms with Crippen LogP contribution in [0.3, 0.4) is 0 Å². The zero-order valence-electron chi connectivity index (χ0n) is 8.69. The van der Waals surface area contributed by atoms with E-state index in [1.807, 2.05) is 0 Å². The molecule has 0 bridgehead atoms. The third kappa shape index (κ3) is 3.47. The van der Waals surface area contributed by atoms with E-state index in [1.165, 1.54) is 24.3 Å². The lowest BCUT2D eigenvalue weighted by Gasteiger charge is -2.13. The SMILES string of the molecule is C=C(CCC(=O)O)C(O)c1ccc(F)cc1. The van der Waals surface area contributed by atoms with Crippen LogP contribution >= 0.6 is 0 Å². The van der Waals surface area contributed by atoms with Gasteiger partial charge in [-0.1, -0.05) is 18.7 Å². The van der Waals surface area contributed by atoms with Gasteiger partial charge in [0.1, 0.15) is 5.82 Å². The molecule has 1 rings (SSSR count). The van der Waals surface area contributed by atoms with Crippen LogP contribution in [0.25, 0.3) is 0 Å². The molecule has 0 aromatic heterocycles. The minimum Gasteiger partial charge on any atom is -0.481 e. The molecule has 0 saturated carbocycles. The summed E-state index contributed by atoms with van der Waals surface area (Å²) < 4.78 is 12.6. The Labute approximate surface area is 92.8 Å². The molecule has 2 N–H and O–H groups in total.